The maximum Gasteiger partial charge on any atom is 0.416 e. The Hall–Kier alpha value is -2.79. The lowest BCUT2D eigenvalue weighted by Gasteiger charge is -2.16. The van der Waals surface area contributed by atoms with E-state index in [-0.39, 0.29) is 18.9 Å². The number of carbonyl (C=O) groups excluding carboxylic acids is 3. The predicted molar refractivity (Wildman–Crippen MR) is 82.5 cm³/mol. The summed E-state index contributed by atoms with van der Waals surface area (Å²) in [5.41, 5.74) is 1.37. The van der Waals surface area contributed by atoms with Crippen molar-refractivity contribution in [3.05, 3.63) is 34.9 Å². The lowest BCUT2D eigenvalue weighted by atomic mass is 10.0. The Balaban J connectivity index is 3.00. The minimum Gasteiger partial charge on any atom is -0.469 e. The number of amides is 2. The molecule has 2 amide bonds. The van der Waals surface area contributed by atoms with Gasteiger partial charge in [0.25, 0.3) is 0 Å². The van der Waals surface area contributed by atoms with Crippen LogP contribution in [0.2, 0.25) is 0 Å². The normalized spacial score (nSPS) is 13.0. The molecule has 3 N–H and O–H groups in total. The highest BCUT2D eigenvalue weighted by Gasteiger charge is 2.37. The molecule has 0 aliphatic heterocycles. The lowest BCUT2D eigenvalue weighted by Crippen LogP contribution is -2.45. The Morgan fingerprint density at radius 3 is 1.93 bits per heavy atom. The van der Waals surface area contributed by atoms with Gasteiger partial charge in [0.15, 0.2) is 0 Å². The Labute approximate surface area is 155 Å². The molecule has 1 atom stereocenters. The molecule has 0 spiro atoms. The van der Waals surface area contributed by atoms with Crippen LogP contribution in [0.4, 0.5) is 26.3 Å². The van der Waals surface area contributed by atoms with Crippen LogP contribution in [-0.4, -0.2) is 30.9 Å². The summed E-state index contributed by atoms with van der Waals surface area (Å²) in [4.78, 5) is 34.4. The van der Waals surface area contributed by atoms with Gasteiger partial charge in [0.2, 0.25) is 11.8 Å². The molecule has 0 fully saturated rings. The molecule has 28 heavy (non-hydrogen) atoms. The first-order valence-corrected chi connectivity index (χ1v) is 7.68. The molecule has 12 heteroatoms. The number of methoxy groups -OCH3 is 1. The number of rotatable bonds is 7. The van der Waals surface area contributed by atoms with E-state index in [1.165, 1.54) is 0 Å². The molecule has 0 heterocycles. The average Bonchev–Trinajstić information content (AvgIpc) is 2.56. The van der Waals surface area contributed by atoms with Gasteiger partial charge in [0, 0.05) is 6.42 Å². The van der Waals surface area contributed by atoms with E-state index in [1.54, 1.807) is 0 Å². The molecule has 0 bridgehead atoms. The number of alkyl halides is 6. The second-order valence-corrected chi connectivity index (χ2v) is 5.73. The standard InChI is InChI=1S/C16H16F6N2O4/c1-28-13(26)3-2-11(14(23)27)24-12(25)6-8-4-9(15(17,18)19)7-10(5-8)16(20,21)22/h4-5,7,11H,2-3,6H2,1H3,(H2,23,27)(H,24,25)/t11-/m0/s1. The number of ether oxygens (including phenoxy) is 1. The van der Waals surface area contributed by atoms with Crippen molar-refractivity contribution in [3.63, 3.8) is 0 Å². The first-order valence-electron chi connectivity index (χ1n) is 7.68. The van der Waals surface area contributed by atoms with E-state index in [1.807, 2.05) is 0 Å². The SMILES string of the molecule is COC(=O)CC[C@H](NC(=O)Cc1cc(C(F)(F)F)cc(C(F)(F)F)c1)C(N)=O. The number of halogens is 6. The summed E-state index contributed by atoms with van der Waals surface area (Å²) < 4.78 is 81.3. The Kier molecular flexibility index (Phi) is 7.42. The number of nitrogens with two attached hydrogens (primary N) is 1. The molecule has 1 aromatic rings. The molecule has 0 saturated carbocycles. The molecule has 0 saturated heterocycles. The minimum absolute atomic E-state index is 0.0655. The summed E-state index contributed by atoms with van der Waals surface area (Å²) in [5.74, 6) is -2.77. The third-order valence-corrected chi connectivity index (χ3v) is 3.56. The maximum absolute atomic E-state index is 12.8. The minimum atomic E-state index is -5.05. The maximum atomic E-state index is 12.8. The van der Waals surface area contributed by atoms with E-state index in [0.29, 0.717) is 12.1 Å². The molecule has 0 aliphatic rings. The number of carbonyl (C=O) groups is 3. The number of esters is 1. The number of benzene rings is 1. The van der Waals surface area contributed by atoms with Crippen molar-refractivity contribution in [2.24, 2.45) is 5.73 Å². The summed E-state index contributed by atoms with van der Waals surface area (Å²) in [6.45, 7) is 0. The fourth-order valence-corrected chi connectivity index (χ4v) is 2.20. The summed E-state index contributed by atoms with van der Waals surface area (Å²) >= 11 is 0. The molecule has 0 radical (unpaired) electrons. The van der Waals surface area contributed by atoms with Crippen LogP contribution in [0.25, 0.3) is 0 Å². The third-order valence-electron chi connectivity index (χ3n) is 3.56. The summed E-state index contributed by atoms with van der Waals surface area (Å²) in [7, 11) is 1.09. The van der Waals surface area contributed by atoms with Crippen molar-refractivity contribution in [3.8, 4) is 0 Å². The molecule has 0 aliphatic carbocycles. The number of hydrogen-bond donors (Lipinski definition) is 2. The molecular formula is C16H16F6N2O4. The zero-order chi connectivity index (χ0) is 21.7. The van der Waals surface area contributed by atoms with Gasteiger partial charge in [-0.05, 0) is 30.2 Å². The van der Waals surface area contributed by atoms with Crippen molar-refractivity contribution >= 4 is 17.8 Å². The Morgan fingerprint density at radius 1 is 1.04 bits per heavy atom. The van der Waals surface area contributed by atoms with Gasteiger partial charge in [0.1, 0.15) is 6.04 Å². The van der Waals surface area contributed by atoms with Gasteiger partial charge in [-0.3, -0.25) is 14.4 Å². The summed E-state index contributed by atoms with van der Waals surface area (Å²) in [6.07, 6.45) is -11.5. The van der Waals surface area contributed by atoms with Crippen molar-refractivity contribution in [1.82, 2.24) is 5.32 Å². The number of nitrogens with one attached hydrogen (secondary N) is 1. The van der Waals surface area contributed by atoms with Crippen LogP contribution in [0.3, 0.4) is 0 Å². The van der Waals surface area contributed by atoms with E-state index >= 15 is 0 Å². The zero-order valence-electron chi connectivity index (χ0n) is 14.4. The van der Waals surface area contributed by atoms with E-state index in [4.69, 9.17) is 5.73 Å². The number of hydrogen-bond acceptors (Lipinski definition) is 4. The molecule has 156 valence electrons. The Bertz CT molecular complexity index is 713. The van der Waals surface area contributed by atoms with Gasteiger partial charge in [-0.25, -0.2) is 0 Å². The van der Waals surface area contributed by atoms with Crippen LogP contribution in [0.15, 0.2) is 18.2 Å². The molecular weight excluding hydrogens is 398 g/mol. The fourth-order valence-electron chi connectivity index (χ4n) is 2.20. The van der Waals surface area contributed by atoms with Crippen LogP contribution < -0.4 is 11.1 Å². The monoisotopic (exact) mass is 414 g/mol. The smallest absolute Gasteiger partial charge is 0.416 e. The van der Waals surface area contributed by atoms with Gasteiger partial charge in [-0.1, -0.05) is 0 Å². The second kappa shape index (κ2) is 8.93. The highest BCUT2D eigenvalue weighted by molar-refractivity contribution is 5.87. The first-order chi connectivity index (χ1) is 12.7. The summed E-state index contributed by atoms with van der Waals surface area (Å²) in [5, 5.41) is 2.08. The van der Waals surface area contributed by atoms with Gasteiger partial charge >= 0.3 is 18.3 Å². The highest BCUT2D eigenvalue weighted by Crippen LogP contribution is 2.36. The van der Waals surface area contributed by atoms with Crippen molar-refractivity contribution in [2.75, 3.05) is 7.11 Å². The van der Waals surface area contributed by atoms with E-state index in [0.717, 1.165) is 7.11 Å². The largest absolute Gasteiger partial charge is 0.469 e. The molecule has 6 nitrogen and oxygen atoms in total. The molecule has 1 aromatic carbocycles. The fraction of sp³-hybridized carbons (Fsp3) is 0.438. The van der Waals surface area contributed by atoms with Crippen LogP contribution in [0, 0.1) is 0 Å². The van der Waals surface area contributed by atoms with Gasteiger partial charge < -0.3 is 15.8 Å². The second-order valence-electron chi connectivity index (χ2n) is 5.73. The van der Waals surface area contributed by atoms with E-state index in [9.17, 15) is 40.7 Å². The van der Waals surface area contributed by atoms with Gasteiger partial charge in [0.05, 0.1) is 24.7 Å². The molecule has 0 aromatic heterocycles. The average molecular weight is 414 g/mol. The van der Waals surface area contributed by atoms with Crippen LogP contribution in [-0.2, 0) is 37.9 Å². The lowest BCUT2D eigenvalue weighted by molar-refractivity contribution is -0.143. The number of primary amides is 1. The van der Waals surface area contributed by atoms with Crippen molar-refractivity contribution in [1.29, 1.82) is 0 Å². The summed E-state index contributed by atoms with van der Waals surface area (Å²) in [6, 6.07) is -0.603. The first kappa shape index (κ1) is 23.2. The highest BCUT2D eigenvalue weighted by atomic mass is 19.4. The van der Waals surface area contributed by atoms with Crippen LogP contribution in [0.5, 0.6) is 0 Å². The van der Waals surface area contributed by atoms with E-state index < -0.39 is 59.3 Å². The van der Waals surface area contributed by atoms with Crippen molar-refractivity contribution < 1.29 is 45.5 Å². The van der Waals surface area contributed by atoms with Gasteiger partial charge in [-0.2, -0.15) is 26.3 Å². The third kappa shape index (κ3) is 7.08. The van der Waals surface area contributed by atoms with E-state index in [2.05, 4.69) is 10.1 Å². The predicted octanol–water partition coefficient (Wildman–Crippen LogP) is 2.19. The topological polar surface area (TPSA) is 98.5 Å². The zero-order valence-corrected chi connectivity index (χ0v) is 14.4. The van der Waals surface area contributed by atoms with Crippen LogP contribution in [0.1, 0.15) is 29.5 Å². The van der Waals surface area contributed by atoms with Crippen molar-refractivity contribution in [2.45, 2.75) is 37.7 Å². The quantitative estimate of drug-likeness (QED) is 0.528. The molecule has 1 rings (SSSR count). The molecule has 0 unspecified atom stereocenters. The van der Waals surface area contributed by atoms with Crippen LogP contribution >= 0.6 is 0 Å². The van der Waals surface area contributed by atoms with Gasteiger partial charge in [-0.15, -0.1) is 0 Å². The Morgan fingerprint density at radius 2 is 1.54 bits per heavy atom.